The zero-order chi connectivity index (χ0) is 11.3. The summed E-state index contributed by atoms with van der Waals surface area (Å²) in [7, 11) is 1.34. The zero-order valence-corrected chi connectivity index (χ0v) is 8.64. The van der Waals surface area contributed by atoms with Crippen LogP contribution in [0, 0.1) is 0 Å². The van der Waals surface area contributed by atoms with Crippen molar-refractivity contribution in [3.63, 3.8) is 0 Å². The summed E-state index contributed by atoms with van der Waals surface area (Å²) in [5, 5.41) is 8.80. The number of esters is 1. The molecule has 1 rings (SSSR count). The third kappa shape index (κ3) is 3.34. The van der Waals surface area contributed by atoms with Crippen LogP contribution in [0.1, 0.15) is 15.9 Å². The Morgan fingerprint density at radius 1 is 1.60 bits per heavy atom. The first kappa shape index (κ1) is 11.7. The molecule has 0 aromatic heterocycles. The van der Waals surface area contributed by atoms with E-state index >= 15 is 0 Å². The lowest BCUT2D eigenvalue weighted by molar-refractivity contribution is 0.0600. The quantitative estimate of drug-likeness (QED) is 0.701. The van der Waals surface area contributed by atoms with Crippen LogP contribution in [0.25, 0.3) is 0 Å². The molecule has 0 spiro atoms. The molecule has 1 unspecified atom stereocenters. The predicted molar refractivity (Wildman–Crippen MR) is 56.5 cm³/mol. The monoisotopic (exact) mass is 209 g/mol. The molecule has 0 radical (unpaired) electrons. The van der Waals surface area contributed by atoms with Gasteiger partial charge in [0, 0.05) is 6.04 Å². The highest BCUT2D eigenvalue weighted by molar-refractivity contribution is 5.89. The van der Waals surface area contributed by atoms with E-state index in [0.29, 0.717) is 12.0 Å². The number of benzene rings is 1. The van der Waals surface area contributed by atoms with Crippen LogP contribution in [0.3, 0.4) is 0 Å². The first-order valence-electron chi connectivity index (χ1n) is 4.71. The molecular formula is C11H15NO3. The van der Waals surface area contributed by atoms with Gasteiger partial charge in [0.25, 0.3) is 0 Å². The van der Waals surface area contributed by atoms with E-state index in [1.165, 1.54) is 7.11 Å². The fourth-order valence-corrected chi connectivity index (χ4v) is 1.31. The number of ether oxygens (including phenoxy) is 1. The number of nitrogens with two attached hydrogens (primary N) is 1. The summed E-state index contributed by atoms with van der Waals surface area (Å²) in [6, 6.07) is 6.74. The van der Waals surface area contributed by atoms with Gasteiger partial charge in [-0.3, -0.25) is 0 Å². The second kappa shape index (κ2) is 5.48. The second-order valence-electron chi connectivity index (χ2n) is 3.34. The van der Waals surface area contributed by atoms with E-state index < -0.39 is 0 Å². The summed E-state index contributed by atoms with van der Waals surface area (Å²) in [4.78, 5) is 11.2. The van der Waals surface area contributed by atoms with E-state index in [-0.39, 0.29) is 18.6 Å². The summed E-state index contributed by atoms with van der Waals surface area (Å²) < 4.78 is 4.60. The van der Waals surface area contributed by atoms with Gasteiger partial charge in [-0.05, 0) is 24.1 Å². The Morgan fingerprint density at radius 3 is 2.93 bits per heavy atom. The number of carbonyl (C=O) groups is 1. The number of aliphatic hydroxyl groups excluding tert-OH is 1. The standard InChI is InChI=1S/C11H15NO3/c1-15-11(14)9-4-2-3-8(5-9)6-10(12)7-13/h2-5,10,13H,6-7,12H2,1H3. The normalized spacial score (nSPS) is 12.2. The first-order valence-corrected chi connectivity index (χ1v) is 4.71. The van der Waals surface area contributed by atoms with Crippen LogP contribution < -0.4 is 5.73 Å². The first-order chi connectivity index (χ1) is 7.17. The third-order valence-electron chi connectivity index (χ3n) is 2.08. The lowest BCUT2D eigenvalue weighted by Gasteiger charge is -2.08. The minimum atomic E-state index is -0.366. The van der Waals surface area contributed by atoms with Crippen LogP contribution in [0.2, 0.25) is 0 Å². The van der Waals surface area contributed by atoms with Gasteiger partial charge in [-0.15, -0.1) is 0 Å². The second-order valence-corrected chi connectivity index (χ2v) is 3.34. The molecule has 1 atom stereocenters. The Morgan fingerprint density at radius 2 is 2.33 bits per heavy atom. The van der Waals surface area contributed by atoms with E-state index in [1.807, 2.05) is 6.07 Å². The maximum atomic E-state index is 11.2. The lowest BCUT2D eigenvalue weighted by Crippen LogP contribution is -2.26. The topological polar surface area (TPSA) is 72.5 Å². The highest BCUT2D eigenvalue weighted by Gasteiger charge is 2.07. The Kier molecular flexibility index (Phi) is 4.27. The van der Waals surface area contributed by atoms with Gasteiger partial charge in [0.15, 0.2) is 0 Å². The van der Waals surface area contributed by atoms with Gasteiger partial charge < -0.3 is 15.6 Å². The SMILES string of the molecule is COC(=O)c1cccc(CC(N)CO)c1. The van der Waals surface area contributed by atoms with E-state index in [9.17, 15) is 4.79 Å². The number of hydrogen-bond donors (Lipinski definition) is 2. The predicted octanol–water partition coefficient (Wildman–Crippen LogP) is 0.335. The van der Waals surface area contributed by atoms with Crippen molar-refractivity contribution in [1.29, 1.82) is 0 Å². The third-order valence-corrected chi connectivity index (χ3v) is 2.08. The number of carbonyl (C=O) groups excluding carboxylic acids is 1. The van der Waals surface area contributed by atoms with Gasteiger partial charge in [0.2, 0.25) is 0 Å². The van der Waals surface area contributed by atoms with Crippen molar-refractivity contribution in [3.8, 4) is 0 Å². The molecule has 0 aliphatic carbocycles. The summed E-state index contributed by atoms with van der Waals surface area (Å²) in [5.74, 6) is -0.366. The lowest BCUT2D eigenvalue weighted by atomic mass is 10.0. The molecule has 0 fully saturated rings. The maximum absolute atomic E-state index is 11.2. The molecule has 0 aliphatic heterocycles. The highest BCUT2D eigenvalue weighted by atomic mass is 16.5. The van der Waals surface area contributed by atoms with Crippen molar-refractivity contribution in [3.05, 3.63) is 35.4 Å². The van der Waals surface area contributed by atoms with Crippen molar-refractivity contribution < 1.29 is 14.6 Å². The summed E-state index contributed by atoms with van der Waals surface area (Å²) in [5.41, 5.74) is 7.01. The molecule has 82 valence electrons. The molecule has 0 saturated carbocycles. The maximum Gasteiger partial charge on any atom is 0.337 e. The average molecular weight is 209 g/mol. The van der Waals surface area contributed by atoms with Crippen molar-refractivity contribution in [1.82, 2.24) is 0 Å². The van der Waals surface area contributed by atoms with Crippen LogP contribution >= 0.6 is 0 Å². The molecule has 0 heterocycles. The highest BCUT2D eigenvalue weighted by Crippen LogP contribution is 2.08. The molecule has 3 N–H and O–H groups in total. The van der Waals surface area contributed by atoms with Gasteiger partial charge in [0.05, 0.1) is 19.3 Å². The number of aliphatic hydroxyl groups is 1. The fraction of sp³-hybridized carbons (Fsp3) is 0.364. The molecule has 0 amide bonds. The molecule has 1 aromatic carbocycles. The molecule has 4 nitrogen and oxygen atoms in total. The largest absolute Gasteiger partial charge is 0.465 e. The summed E-state index contributed by atoms with van der Waals surface area (Å²) in [6.07, 6.45) is 0.543. The summed E-state index contributed by atoms with van der Waals surface area (Å²) >= 11 is 0. The Bertz CT molecular complexity index is 338. The van der Waals surface area contributed by atoms with E-state index in [0.717, 1.165) is 5.56 Å². The number of hydrogen-bond acceptors (Lipinski definition) is 4. The molecule has 0 saturated heterocycles. The number of methoxy groups -OCH3 is 1. The van der Waals surface area contributed by atoms with E-state index in [4.69, 9.17) is 10.8 Å². The molecule has 15 heavy (non-hydrogen) atoms. The molecule has 0 aliphatic rings. The molecule has 4 heteroatoms. The molecular weight excluding hydrogens is 194 g/mol. The van der Waals surface area contributed by atoms with Gasteiger partial charge in [0.1, 0.15) is 0 Å². The Labute approximate surface area is 88.7 Å². The van der Waals surface area contributed by atoms with Gasteiger partial charge in [-0.1, -0.05) is 12.1 Å². The molecule has 0 bridgehead atoms. The Balaban J connectivity index is 2.78. The minimum Gasteiger partial charge on any atom is -0.465 e. The van der Waals surface area contributed by atoms with Gasteiger partial charge in [-0.25, -0.2) is 4.79 Å². The van der Waals surface area contributed by atoms with E-state index in [1.54, 1.807) is 18.2 Å². The van der Waals surface area contributed by atoms with Crippen LogP contribution in [-0.4, -0.2) is 30.8 Å². The van der Waals surface area contributed by atoms with Crippen LogP contribution in [-0.2, 0) is 11.2 Å². The minimum absolute atomic E-state index is 0.0670. The van der Waals surface area contributed by atoms with Crippen molar-refractivity contribution in [2.24, 2.45) is 5.73 Å². The summed E-state index contributed by atoms with van der Waals surface area (Å²) in [6.45, 7) is -0.0670. The fourth-order valence-electron chi connectivity index (χ4n) is 1.31. The van der Waals surface area contributed by atoms with Crippen molar-refractivity contribution in [2.75, 3.05) is 13.7 Å². The van der Waals surface area contributed by atoms with Crippen molar-refractivity contribution in [2.45, 2.75) is 12.5 Å². The Hall–Kier alpha value is -1.39. The van der Waals surface area contributed by atoms with Crippen molar-refractivity contribution >= 4 is 5.97 Å². The van der Waals surface area contributed by atoms with Gasteiger partial charge in [-0.2, -0.15) is 0 Å². The van der Waals surface area contributed by atoms with Crippen LogP contribution in [0.5, 0.6) is 0 Å². The van der Waals surface area contributed by atoms with Crippen LogP contribution in [0.15, 0.2) is 24.3 Å². The number of rotatable bonds is 4. The van der Waals surface area contributed by atoms with E-state index in [2.05, 4.69) is 4.74 Å². The molecule has 1 aromatic rings. The smallest absolute Gasteiger partial charge is 0.337 e. The van der Waals surface area contributed by atoms with Gasteiger partial charge >= 0.3 is 5.97 Å². The zero-order valence-electron chi connectivity index (χ0n) is 8.64. The average Bonchev–Trinajstić information content (AvgIpc) is 2.28. The van der Waals surface area contributed by atoms with Crippen LogP contribution in [0.4, 0.5) is 0 Å².